The third-order valence-corrected chi connectivity index (χ3v) is 3.78. The Morgan fingerprint density at radius 2 is 2.00 bits per heavy atom. The maximum absolute atomic E-state index is 11.4. The molecule has 0 bridgehead atoms. The van der Waals surface area contributed by atoms with E-state index in [-0.39, 0.29) is 18.7 Å². The van der Waals surface area contributed by atoms with E-state index < -0.39 is 28.1 Å². The van der Waals surface area contributed by atoms with Crippen molar-refractivity contribution in [2.45, 2.75) is 18.9 Å². The number of methoxy groups -OCH3 is 1. The summed E-state index contributed by atoms with van der Waals surface area (Å²) < 4.78 is 29.1. The number of carbonyl (C=O) groups excluding carboxylic acids is 1. The number of carboxylic acids is 1. The molecule has 1 atom stereocenters. The molecule has 4 N–H and O–H groups in total. The number of urea groups is 1. The first kappa shape index (κ1) is 18.6. The summed E-state index contributed by atoms with van der Waals surface area (Å²) in [6.07, 6.45) is 0.716. The van der Waals surface area contributed by atoms with Crippen LogP contribution in [0.4, 0.5) is 4.79 Å². The zero-order chi connectivity index (χ0) is 15.6. The smallest absolute Gasteiger partial charge is 0.326 e. The molecular weight excluding hydrogens is 290 g/mol. The molecule has 0 aliphatic heterocycles. The minimum Gasteiger partial charge on any atom is -0.480 e. The Morgan fingerprint density at radius 1 is 1.35 bits per heavy atom. The van der Waals surface area contributed by atoms with E-state index in [9.17, 15) is 18.0 Å². The molecule has 0 radical (unpaired) electrons. The molecule has 0 saturated heterocycles. The number of carbonyl (C=O) groups is 2. The van der Waals surface area contributed by atoms with E-state index in [1.54, 1.807) is 0 Å². The fourth-order valence-electron chi connectivity index (χ4n) is 1.30. The third kappa shape index (κ3) is 8.67. The van der Waals surface area contributed by atoms with Crippen molar-refractivity contribution < 1.29 is 27.9 Å². The largest absolute Gasteiger partial charge is 0.480 e. The van der Waals surface area contributed by atoms with Gasteiger partial charge in [-0.05, 0) is 19.9 Å². The van der Waals surface area contributed by atoms with E-state index in [2.05, 4.69) is 15.4 Å². The second-order valence-corrected chi connectivity index (χ2v) is 6.00. The average Bonchev–Trinajstić information content (AvgIpc) is 2.37. The van der Waals surface area contributed by atoms with Crippen LogP contribution in [0.25, 0.3) is 0 Å². The van der Waals surface area contributed by atoms with E-state index >= 15 is 0 Å². The minimum atomic E-state index is -3.40. The Kier molecular flexibility index (Phi) is 8.84. The van der Waals surface area contributed by atoms with Crippen molar-refractivity contribution in [3.63, 3.8) is 0 Å². The van der Waals surface area contributed by atoms with Crippen molar-refractivity contribution >= 4 is 22.0 Å². The summed E-state index contributed by atoms with van der Waals surface area (Å²) in [4.78, 5) is 22.4. The highest BCUT2D eigenvalue weighted by molar-refractivity contribution is 7.89. The molecule has 0 rings (SSSR count). The summed E-state index contributed by atoms with van der Waals surface area (Å²) in [5.41, 5.74) is 0. The van der Waals surface area contributed by atoms with E-state index in [1.165, 1.54) is 14.2 Å². The molecule has 0 aromatic rings. The normalized spacial score (nSPS) is 12.7. The molecule has 0 aromatic carbocycles. The molecule has 0 heterocycles. The number of hydrogen-bond acceptors (Lipinski definition) is 5. The SMILES string of the molecule is CNS(=O)(=O)CCNC(=O)NC(CCCOC)C(=O)O. The fraction of sp³-hybridized carbons (Fsp3) is 0.800. The Balaban J connectivity index is 4.10. The van der Waals surface area contributed by atoms with Crippen molar-refractivity contribution in [3.8, 4) is 0 Å². The number of ether oxygens (including phenoxy) is 1. The lowest BCUT2D eigenvalue weighted by molar-refractivity contribution is -0.139. The van der Waals surface area contributed by atoms with E-state index in [1.807, 2.05) is 0 Å². The van der Waals surface area contributed by atoms with Gasteiger partial charge in [-0.15, -0.1) is 0 Å². The van der Waals surface area contributed by atoms with Crippen LogP contribution in [0.2, 0.25) is 0 Å². The van der Waals surface area contributed by atoms with Crippen molar-refractivity contribution in [3.05, 3.63) is 0 Å². The highest BCUT2D eigenvalue weighted by Crippen LogP contribution is 1.98. The number of sulfonamides is 1. The van der Waals surface area contributed by atoms with Crippen LogP contribution >= 0.6 is 0 Å². The Morgan fingerprint density at radius 3 is 2.50 bits per heavy atom. The maximum atomic E-state index is 11.4. The number of carboxylic acid groups (broad SMARTS) is 1. The van der Waals surface area contributed by atoms with Crippen LogP contribution in [0.1, 0.15) is 12.8 Å². The van der Waals surface area contributed by atoms with Gasteiger partial charge in [-0.25, -0.2) is 22.7 Å². The monoisotopic (exact) mass is 311 g/mol. The molecule has 0 spiro atoms. The zero-order valence-electron chi connectivity index (χ0n) is 11.5. The summed E-state index contributed by atoms with van der Waals surface area (Å²) in [7, 11) is -0.635. The van der Waals surface area contributed by atoms with Crippen LogP contribution in [-0.2, 0) is 19.6 Å². The van der Waals surface area contributed by atoms with Crippen LogP contribution < -0.4 is 15.4 Å². The number of aliphatic carboxylic acids is 1. The Hall–Kier alpha value is -1.39. The van der Waals surface area contributed by atoms with Gasteiger partial charge in [0, 0.05) is 20.3 Å². The van der Waals surface area contributed by atoms with Gasteiger partial charge in [0.15, 0.2) is 0 Å². The first-order valence-corrected chi connectivity index (χ1v) is 7.65. The lowest BCUT2D eigenvalue weighted by Gasteiger charge is -2.14. The average molecular weight is 311 g/mol. The molecule has 0 aromatic heterocycles. The molecule has 118 valence electrons. The van der Waals surface area contributed by atoms with Gasteiger partial charge in [-0.3, -0.25) is 0 Å². The molecule has 0 aliphatic rings. The predicted molar refractivity (Wildman–Crippen MR) is 71.9 cm³/mol. The molecule has 20 heavy (non-hydrogen) atoms. The number of rotatable bonds is 10. The molecule has 0 saturated carbocycles. The van der Waals surface area contributed by atoms with Gasteiger partial charge in [0.25, 0.3) is 0 Å². The summed E-state index contributed by atoms with van der Waals surface area (Å²) in [6.45, 7) is 0.285. The van der Waals surface area contributed by atoms with Crippen LogP contribution in [0, 0.1) is 0 Å². The maximum Gasteiger partial charge on any atom is 0.326 e. The summed E-state index contributed by atoms with van der Waals surface area (Å²) >= 11 is 0. The number of amides is 2. The molecule has 1 unspecified atom stereocenters. The van der Waals surface area contributed by atoms with Crippen molar-refractivity contribution in [2.75, 3.05) is 33.1 Å². The predicted octanol–water partition coefficient (Wildman–Crippen LogP) is -1.29. The number of nitrogens with one attached hydrogen (secondary N) is 3. The lowest BCUT2D eigenvalue weighted by Crippen LogP contribution is -2.47. The van der Waals surface area contributed by atoms with E-state index in [0.717, 1.165) is 0 Å². The Bertz CT molecular complexity index is 411. The highest BCUT2D eigenvalue weighted by atomic mass is 32.2. The van der Waals surface area contributed by atoms with Gasteiger partial charge in [0.1, 0.15) is 6.04 Å². The second kappa shape index (κ2) is 9.50. The lowest BCUT2D eigenvalue weighted by atomic mass is 10.1. The standard InChI is InChI=1S/C10H21N3O6S/c1-11-20(17,18)7-5-12-10(16)13-8(9(14)15)4-3-6-19-2/h8,11H,3-7H2,1-2H3,(H,14,15)(H2,12,13,16). The van der Waals surface area contributed by atoms with Crippen LogP contribution in [0.15, 0.2) is 0 Å². The zero-order valence-corrected chi connectivity index (χ0v) is 12.3. The van der Waals surface area contributed by atoms with E-state index in [4.69, 9.17) is 9.84 Å². The first-order valence-electron chi connectivity index (χ1n) is 5.99. The van der Waals surface area contributed by atoms with Gasteiger partial charge < -0.3 is 20.5 Å². The van der Waals surface area contributed by atoms with Crippen molar-refractivity contribution in [2.24, 2.45) is 0 Å². The molecule has 2 amide bonds. The minimum absolute atomic E-state index is 0.112. The van der Waals surface area contributed by atoms with Gasteiger partial charge in [0.05, 0.1) is 5.75 Å². The van der Waals surface area contributed by atoms with Gasteiger partial charge in [0.2, 0.25) is 10.0 Å². The van der Waals surface area contributed by atoms with Crippen LogP contribution in [0.5, 0.6) is 0 Å². The van der Waals surface area contributed by atoms with Gasteiger partial charge >= 0.3 is 12.0 Å². The molecule has 10 heteroatoms. The van der Waals surface area contributed by atoms with Crippen molar-refractivity contribution in [1.29, 1.82) is 0 Å². The van der Waals surface area contributed by atoms with Crippen LogP contribution in [0.3, 0.4) is 0 Å². The molecular formula is C10H21N3O6S. The fourth-order valence-corrected chi connectivity index (χ4v) is 1.87. The summed E-state index contributed by atoms with van der Waals surface area (Å²) in [6, 6.07) is -1.76. The summed E-state index contributed by atoms with van der Waals surface area (Å²) in [5.74, 6) is -1.43. The third-order valence-electron chi connectivity index (χ3n) is 2.41. The van der Waals surface area contributed by atoms with Gasteiger partial charge in [-0.1, -0.05) is 0 Å². The molecule has 9 nitrogen and oxygen atoms in total. The van der Waals surface area contributed by atoms with Crippen molar-refractivity contribution in [1.82, 2.24) is 15.4 Å². The molecule has 0 aliphatic carbocycles. The second-order valence-electron chi connectivity index (χ2n) is 3.95. The quantitative estimate of drug-likeness (QED) is 0.371. The molecule has 0 fully saturated rings. The van der Waals surface area contributed by atoms with Crippen LogP contribution in [-0.4, -0.2) is 64.6 Å². The van der Waals surface area contributed by atoms with Gasteiger partial charge in [-0.2, -0.15) is 0 Å². The summed E-state index contributed by atoms with van der Waals surface area (Å²) in [5, 5.41) is 13.5. The highest BCUT2D eigenvalue weighted by Gasteiger charge is 2.19. The Labute approximate surface area is 118 Å². The topological polar surface area (TPSA) is 134 Å². The number of hydrogen-bond donors (Lipinski definition) is 4. The van der Waals surface area contributed by atoms with E-state index in [0.29, 0.717) is 13.0 Å². The first-order chi connectivity index (χ1) is 9.32.